The third-order valence-corrected chi connectivity index (χ3v) is 8.19. The Labute approximate surface area is 211 Å². The molecule has 0 spiro atoms. The van der Waals surface area contributed by atoms with Crippen LogP contribution >= 0.6 is 11.3 Å². The lowest BCUT2D eigenvalue weighted by Crippen LogP contribution is -2.42. The van der Waals surface area contributed by atoms with Crippen molar-refractivity contribution in [2.45, 2.75) is 38.1 Å². The number of nitrogens with one attached hydrogen (secondary N) is 3. The topological polar surface area (TPSA) is 107 Å². The highest BCUT2D eigenvalue weighted by Crippen LogP contribution is 2.43. The Balaban J connectivity index is 1.28. The van der Waals surface area contributed by atoms with E-state index in [4.69, 9.17) is 4.98 Å². The van der Waals surface area contributed by atoms with Crippen molar-refractivity contribution in [1.82, 2.24) is 20.2 Å². The molecule has 8 nitrogen and oxygen atoms in total. The lowest BCUT2D eigenvalue weighted by molar-refractivity contribution is -0.133. The first-order valence-corrected chi connectivity index (χ1v) is 12.8. The number of hydrogen-bond donors (Lipinski definition) is 3. The Morgan fingerprint density at radius 1 is 1.08 bits per heavy atom. The van der Waals surface area contributed by atoms with Crippen molar-refractivity contribution in [3.63, 3.8) is 0 Å². The number of nitrogens with zero attached hydrogens (tertiary/aromatic N) is 2. The van der Waals surface area contributed by atoms with E-state index in [0.717, 1.165) is 53.0 Å². The maximum absolute atomic E-state index is 13.2. The van der Waals surface area contributed by atoms with Gasteiger partial charge in [-0.05, 0) is 55.9 Å². The quantitative estimate of drug-likeness (QED) is 0.350. The predicted octanol–water partition coefficient (Wildman–Crippen LogP) is 4.58. The van der Waals surface area contributed by atoms with E-state index in [9.17, 15) is 14.4 Å². The Bertz CT molecular complexity index is 1480. The minimum Gasteiger partial charge on any atom is -0.338 e. The van der Waals surface area contributed by atoms with Crippen LogP contribution in [0, 0.1) is 0 Å². The number of imide groups is 1. The lowest BCUT2D eigenvalue weighted by Gasteiger charge is -2.22. The normalized spacial score (nSPS) is 19.4. The van der Waals surface area contributed by atoms with Gasteiger partial charge in [-0.25, -0.2) is 9.78 Å². The molecule has 182 valence electrons. The number of anilines is 1. The van der Waals surface area contributed by atoms with E-state index in [1.165, 1.54) is 10.4 Å². The minimum atomic E-state index is -1.21. The van der Waals surface area contributed by atoms with E-state index in [1.807, 2.05) is 42.5 Å². The zero-order valence-corrected chi connectivity index (χ0v) is 20.6. The van der Waals surface area contributed by atoms with Crippen molar-refractivity contribution in [2.24, 2.45) is 0 Å². The Kier molecular flexibility index (Phi) is 5.37. The number of rotatable bonds is 5. The predicted molar refractivity (Wildman–Crippen MR) is 139 cm³/mol. The summed E-state index contributed by atoms with van der Waals surface area (Å²) in [4.78, 5) is 49.5. The van der Waals surface area contributed by atoms with Crippen molar-refractivity contribution in [3.05, 3.63) is 70.6 Å². The SMILES string of the molecule is CC1(c2ccccc2)NC(=O)N(CC(=O)Nc2sc3c(c2-c2nc4ccccc4[nH]2)CCCC3)C1=O. The Morgan fingerprint density at radius 2 is 1.83 bits per heavy atom. The number of para-hydroxylation sites is 2. The summed E-state index contributed by atoms with van der Waals surface area (Å²) in [7, 11) is 0. The van der Waals surface area contributed by atoms with Gasteiger partial charge in [0.15, 0.2) is 0 Å². The minimum absolute atomic E-state index is 0.366. The summed E-state index contributed by atoms with van der Waals surface area (Å²) in [5.74, 6) is -0.152. The molecule has 2 aliphatic rings. The van der Waals surface area contributed by atoms with Crippen LogP contribution in [0.1, 0.15) is 35.8 Å². The standard InChI is InChI=1S/C27H25N5O3S/c1-27(16-9-3-2-4-10-16)25(34)32(26(35)31-27)15-21(33)30-24-22(17-11-5-8-14-20(17)36-24)23-28-18-12-6-7-13-19(18)29-23/h2-4,6-7,9-10,12-13H,5,8,11,14-15H2,1H3,(H,28,29)(H,30,33)(H,31,35). The van der Waals surface area contributed by atoms with Gasteiger partial charge in [0.25, 0.3) is 5.91 Å². The van der Waals surface area contributed by atoms with Crippen molar-refractivity contribution in [1.29, 1.82) is 0 Å². The molecule has 2 aromatic heterocycles. The highest BCUT2D eigenvalue weighted by Gasteiger charge is 2.49. The molecular weight excluding hydrogens is 474 g/mol. The zero-order valence-electron chi connectivity index (χ0n) is 19.8. The molecule has 3 N–H and O–H groups in total. The van der Waals surface area contributed by atoms with Gasteiger partial charge < -0.3 is 15.6 Å². The third-order valence-electron chi connectivity index (χ3n) is 6.98. The molecule has 0 radical (unpaired) electrons. The average Bonchev–Trinajstić information content (AvgIpc) is 3.53. The number of benzene rings is 2. The molecule has 4 aromatic rings. The molecule has 2 aromatic carbocycles. The summed E-state index contributed by atoms with van der Waals surface area (Å²) >= 11 is 1.56. The van der Waals surface area contributed by atoms with E-state index in [0.29, 0.717) is 10.6 Å². The number of aromatic nitrogens is 2. The second-order valence-corrected chi connectivity index (χ2v) is 10.5. The molecule has 1 unspecified atom stereocenters. The van der Waals surface area contributed by atoms with Crippen molar-refractivity contribution >= 4 is 45.2 Å². The summed E-state index contributed by atoms with van der Waals surface area (Å²) in [6.07, 6.45) is 4.09. The van der Waals surface area contributed by atoms with Crippen LogP contribution in [0.3, 0.4) is 0 Å². The van der Waals surface area contributed by atoms with E-state index in [2.05, 4.69) is 15.6 Å². The number of hydrogen-bond acceptors (Lipinski definition) is 5. The van der Waals surface area contributed by atoms with Crippen LogP contribution in [0.4, 0.5) is 9.80 Å². The van der Waals surface area contributed by atoms with E-state index < -0.39 is 23.4 Å². The van der Waals surface area contributed by atoms with Crippen molar-refractivity contribution in [3.8, 4) is 11.4 Å². The molecule has 1 fully saturated rings. The molecular formula is C27H25N5O3S. The van der Waals surface area contributed by atoms with E-state index >= 15 is 0 Å². The number of carbonyl (C=O) groups excluding carboxylic acids is 3. The zero-order chi connectivity index (χ0) is 24.9. The van der Waals surface area contributed by atoms with Crippen LogP contribution in [0.15, 0.2) is 54.6 Å². The highest BCUT2D eigenvalue weighted by atomic mass is 32.1. The van der Waals surface area contributed by atoms with Gasteiger partial charge >= 0.3 is 6.03 Å². The Morgan fingerprint density at radius 3 is 2.64 bits per heavy atom. The highest BCUT2D eigenvalue weighted by molar-refractivity contribution is 7.17. The van der Waals surface area contributed by atoms with E-state index in [1.54, 1.807) is 30.4 Å². The average molecular weight is 500 g/mol. The van der Waals surface area contributed by atoms with Crippen molar-refractivity contribution in [2.75, 3.05) is 11.9 Å². The van der Waals surface area contributed by atoms with Crippen LogP contribution in [0.25, 0.3) is 22.4 Å². The summed E-state index contributed by atoms with van der Waals surface area (Å²) in [6, 6.07) is 16.3. The van der Waals surface area contributed by atoms with Crippen LogP contribution in [-0.4, -0.2) is 39.3 Å². The summed E-state index contributed by atoms with van der Waals surface area (Å²) < 4.78 is 0. The lowest BCUT2D eigenvalue weighted by atomic mass is 9.92. The first-order valence-electron chi connectivity index (χ1n) is 12.0. The molecule has 0 bridgehead atoms. The number of carbonyl (C=O) groups is 3. The summed E-state index contributed by atoms with van der Waals surface area (Å²) in [5, 5.41) is 6.44. The largest absolute Gasteiger partial charge is 0.338 e. The fourth-order valence-electron chi connectivity index (χ4n) is 5.09. The smallest absolute Gasteiger partial charge is 0.325 e. The molecule has 1 aliphatic carbocycles. The fourth-order valence-corrected chi connectivity index (χ4v) is 6.40. The fraction of sp³-hybridized carbons (Fsp3) is 0.259. The maximum Gasteiger partial charge on any atom is 0.325 e. The monoisotopic (exact) mass is 499 g/mol. The molecule has 36 heavy (non-hydrogen) atoms. The number of H-pyrrole nitrogens is 1. The Hall–Kier alpha value is -3.98. The van der Waals surface area contributed by atoms with Crippen molar-refractivity contribution < 1.29 is 14.4 Å². The number of fused-ring (bicyclic) bond motifs is 2. The summed E-state index contributed by atoms with van der Waals surface area (Å²) in [5.41, 5.74) is 3.38. The van der Waals surface area contributed by atoms with Crippen LogP contribution in [-0.2, 0) is 28.0 Å². The second kappa shape index (κ2) is 8.60. The second-order valence-electron chi connectivity index (χ2n) is 9.38. The number of imidazole rings is 1. The molecule has 1 aliphatic heterocycles. The number of aryl methyl sites for hydroxylation is 1. The molecule has 4 amide bonds. The summed E-state index contributed by atoms with van der Waals surface area (Å²) in [6.45, 7) is 1.29. The van der Waals surface area contributed by atoms with Crippen LogP contribution in [0.2, 0.25) is 0 Å². The van der Waals surface area contributed by atoms with Gasteiger partial charge in [-0.1, -0.05) is 42.5 Å². The molecule has 1 atom stereocenters. The molecule has 0 saturated carbocycles. The maximum atomic E-state index is 13.2. The van der Waals surface area contributed by atoms with Gasteiger partial charge in [0.2, 0.25) is 5.91 Å². The first kappa shape index (κ1) is 22.5. The molecule has 1 saturated heterocycles. The van der Waals surface area contributed by atoms with Gasteiger partial charge in [-0.3, -0.25) is 14.5 Å². The van der Waals surface area contributed by atoms with Gasteiger partial charge in [0.05, 0.1) is 16.6 Å². The third kappa shape index (κ3) is 3.67. The van der Waals surface area contributed by atoms with E-state index in [-0.39, 0.29) is 6.54 Å². The first-order chi connectivity index (χ1) is 17.4. The molecule has 6 rings (SSSR count). The number of urea groups is 1. The number of amides is 4. The van der Waals surface area contributed by atoms with Gasteiger partial charge in [-0.2, -0.15) is 0 Å². The van der Waals surface area contributed by atoms with Gasteiger partial charge in [-0.15, -0.1) is 11.3 Å². The van der Waals surface area contributed by atoms with Gasteiger partial charge in [0, 0.05) is 4.88 Å². The molecule has 9 heteroatoms. The number of aromatic amines is 1. The van der Waals surface area contributed by atoms with Crippen LogP contribution < -0.4 is 10.6 Å². The number of thiophene rings is 1. The molecule has 3 heterocycles. The van der Waals surface area contributed by atoms with Crippen LogP contribution in [0.5, 0.6) is 0 Å². The van der Waals surface area contributed by atoms with Gasteiger partial charge in [0.1, 0.15) is 22.9 Å².